The van der Waals surface area contributed by atoms with Crippen LogP contribution < -0.4 is 10.6 Å². The van der Waals surface area contributed by atoms with Gasteiger partial charge in [-0.25, -0.2) is 0 Å². The lowest BCUT2D eigenvalue weighted by Gasteiger charge is -2.16. The molecule has 0 aliphatic heterocycles. The minimum absolute atomic E-state index is 0.194. The van der Waals surface area contributed by atoms with Gasteiger partial charge in [-0.1, -0.05) is 12.5 Å². The summed E-state index contributed by atoms with van der Waals surface area (Å²) in [6, 6.07) is 6.77. The van der Waals surface area contributed by atoms with E-state index >= 15 is 0 Å². The van der Waals surface area contributed by atoms with Crippen molar-refractivity contribution >= 4 is 29.2 Å². The van der Waals surface area contributed by atoms with Crippen LogP contribution in [0.4, 0.5) is 11.4 Å². The summed E-state index contributed by atoms with van der Waals surface area (Å²) in [6.45, 7) is 1.40. The van der Waals surface area contributed by atoms with Crippen LogP contribution in [-0.2, 0) is 14.4 Å². The molecule has 2 unspecified atom stereocenters. The van der Waals surface area contributed by atoms with E-state index in [2.05, 4.69) is 10.6 Å². The Labute approximate surface area is 122 Å². The zero-order valence-corrected chi connectivity index (χ0v) is 11.8. The van der Waals surface area contributed by atoms with Gasteiger partial charge in [0.05, 0.1) is 11.8 Å². The molecule has 1 aromatic carbocycles. The number of hydrogen-bond acceptors (Lipinski definition) is 3. The van der Waals surface area contributed by atoms with Crippen molar-refractivity contribution in [2.75, 3.05) is 10.6 Å². The number of carbonyl (C=O) groups is 3. The fourth-order valence-corrected chi connectivity index (χ4v) is 2.68. The number of carboxylic acid groups (broad SMARTS) is 1. The van der Waals surface area contributed by atoms with Gasteiger partial charge in [0.2, 0.25) is 11.8 Å². The molecule has 2 atom stereocenters. The molecule has 6 nitrogen and oxygen atoms in total. The van der Waals surface area contributed by atoms with Gasteiger partial charge in [0, 0.05) is 18.3 Å². The second-order valence-corrected chi connectivity index (χ2v) is 5.23. The van der Waals surface area contributed by atoms with Crippen LogP contribution in [0.1, 0.15) is 26.2 Å². The Balaban J connectivity index is 2.05. The number of nitrogens with one attached hydrogen (secondary N) is 2. The minimum Gasteiger partial charge on any atom is -0.481 e. The Bertz CT molecular complexity index is 571. The van der Waals surface area contributed by atoms with E-state index in [4.69, 9.17) is 5.11 Å². The van der Waals surface area contributed by atoms with Crippen LogP contribution in [0.2, 0.25) is 0 Å². The summed E-state index contributed by atoms with van der Waals surface area (Å²) in [6.07, 6.45) is 1.88. The van der Waals surface area contributed by atoms with Crippen molar-refractivity contribution in [3.8, 4) is 0 Å². The summed E-state index contributed by atoms with van der Waals surface area (Å²) < 4.78 is 0. The van der Waals surface area contributed by atoms with Crippen molar-refractivity contribution in [1.29, 1.82) is 0 Å². The van der Waals surface area contributed by atoms with Crippen LogP contribution in [-0.4, -0.2) is 22.9 Å². The molecule has 112 valence electrons. The third-order valence-corrected chi connectivity index (χ3v) is 3.62. The van der Waals surface area contributed by atoms with Gasteiger partial charge >= 0.3 is 5.97 Å². The number of benzene rings is 1. The largest absolute Gasteiger partial charge is 0.481 e. The Morgan fingerprint density at radius 3 is 2.33 bits per heavy atom. The number of amides is 2. The van der Waals surface area contributed by atoms with Crippen LogP contribution in [0.3, 0.4) is 0 Å². The molecule has 1 aliphatic carbocycles. The molecule has 0 heterocycles. The third-order valence-electron chi connectivity index (χ3n) is 3.62. The van der Waals surface area contributed by atoms with Crippen LogP contribution in [0, 0.1) is 11.8 Å². The van der Waals surface area contributed by atoms with Gasteiger partial charge < -0.3 is 15.7 Å². The van der Waals surface area contributed by atoms with E-state index in [0.717, 1.165) is 6.42 Å². The second kappa shape index (κ2) is 6.39. The van der Waals surface area contributed by atoms with Crippen LogP contribution in [0.25, 0.3) is 0 Å². The minimum atomic E-state index is -0.917. The number of carbonyl (C=O) groups excluding carboxylic acids is 2. The average Bonchev–Trinajstić information content (AvgIpc) is 2.87. The van der Waals surface area contributed by atoms with E-state index in [0.29, 0.717) is 24.2 Å². The van der Waals surface area contributed by atoms with Crippen molar-refractivity contribution in [3.63, 3.8) is 0 Å². The van der Waals surface area contributed by atoms with E-state index in [9.17, 15) is 14.4 Å². The van der Waals surface area contributed by atoms with Crippen molar-refractivity contribution in [2.24, 2.45) is 11.8 Å². The maximum Gasteiger partial charge on any atom is 0.307 e. The van der Waals surface area contributed by atoms with E-state index in [1.54, 1.807) is 24.3 Å². The van der Waals surface area contributed by atoms with E-state index in [-0.39, 0.29) is 11.8 Å². The van der Waals surface area contributed by atoms with Crippen molar-refractivity contribution < 1.29 is 19.5 Å². The van der Waals surface area contributed by atoms with Gasteiger partial charge in [0.1, 0.15) is 0 Å². The lowest BCUT2D eigenvalue weighted by Crippen LogP contribution is -2.30. The van der Waals surface area contributed by atoms with Gasteiger partial charge in [-0.05, 0) is 31.0 Å². The summed E-state index contributed by atoms with van der Waals surface area (Å²) in [7, 11) is 0. The molecule has 1 saturated carbocycles. The average molecular weight is 290 g/mol. The molecule has 1 aliphatic rings. The molecule has 2 amide bonds. The highest BCUT2D eigenvalue weighted by Gasteiger charge is 2.37. The van der Waals surface area contributed by atoms with Gasteiger partial charge in [-0.3, -0.25) is 14.4 Å². The highest BCUT2D eigenvalue weighted by Crippen LogP contribution is 2.33. The molecule has 21 heavy (non-hydrogen) atoms. The maximum atomic E-state index is 12.2. The molecule has 1 fully saturated rings. The molecule has 6 heteroatoms. The molecule has 1 aromatic rings. The fourth-order valence-electron chi connectivity index (χ4n) is 2.68. The maximum absolute atomic E-state index is 12.2. The van der Waals surface area contributed by atoms with Gasteiger partial charge in [-0.2, -0.15) is 0 Å². The molecular formula is C15H18N2O4. The topological polar surface area (TPSA) is 95.5 Å². The normalized spacial score (nSPS) is 20.8. The summed E-state index contributed by atoms with van der Waals surface area (Å²) in [5, 5.41) is 14.5. The Hall–Kier alpha value is -2.37. The highest BCUT2D eigenvalue weighted by molar-refractivity contribution is 5.96. The fraction of sp³-hybridized carbons (Fsp3) is 0.400. The van der Waals surface area contributed by atoms with Gasteiger partial charge in [0.15, 0.2) is 0 Å². The van der Waals surface area contributed by atoms with Crippen LogP contribution >= 0.6 is 0 Å². The zero-order valence-electron chi connectivity index (χ0n) is 11.8. The monoisotopic (exact) mass is 290 g/mol. The summed E-state index contributed by atoms with van der Waals surface area (Å²) >= 11 is 0. The SMILES string of the molecule is CC(=O)Nc1cccc(NC(=O)C2CCCC2C(=O)O)c1. The third kappa shape index (κ3) is 3.81. The summed E-state index contributed by atoms with van der Waals surface area (Å²) in [5.41, 5.74) is 1.13. The highest BCUT2D eigenvalue weighted by atomic mass is 16.4. The lowest BCUT2D eigenvalue weighted by molar-refractivity contribution is -0.145. The summed E-state index contributed by atoms with van der Waals surface area (Å²) in [5.74, 6) is -2.49. The molecule has 0 bridgehead atoms. The molecule has 0 aromatic heterocycles. The van der Waals surface area contributed by atoms with Crippen LogP contribution in [0.5, 0.6) is 0 Å². The number of anilines is 2. The first-order chi connectivity index (χ1) is 9.97. The molecule has 0 radical (unpaired) electrons. The number of carboxylic acids is 1. The Morgan fingerprint density at radius 2 is 1.71 bits per heavy atom. The Kier molecular flexibility index (Phi) is 4.57. The van der Waals surface area contributed by atoms with Gasteiger partial charge in [-0.15, -0.1) is 0 Å². The quantitative estimate of drug-likeness (QED) is 0.791. The first-order valence-electron chi connectivity index (χ1n) is 6.88. The molecule has 3 N–H and O–H groups in total. The smallest absolute Gasteiger partial charge is 0.307 e. The predicted molar refractivity (Wildman–Crippen MR) is 77.8 cm³/mol. The van der Waals surface area contributed by atoms with E-state index < -0.39 is 17.8 Å². The van der Waals surface area contributed by atoms with Crippen LogP contribution in [0.15, 0.2) is 24.3 Å². The van der Waals surface area contributed by atoms with Gasteiger partial charge in [0.25, 0.3) is 0 Å². The zero-order chi connectivity index (χ0) is 15.4. The molecule has 0 spiro atoms. The first-order valence-corrected chi connectivity index (χ1v) is 6.88. The molecule has 2 rings (SSSR count). The molecule has 0 saturated heterocycles. The van der Waals surface area contributed by atoms with Crippen molar-refractivity contribution in [2.45, 2.75) is 26.2 Å². The lowest BCUT2D eigenvalue weighted by atomic mass is 9.95. The number of aliphatic carboxylic acids is 1. The second-order valence-electron chi connectivity index (χ2n) is 5.23. The molecular weight excluding hydrogens is 272 g/mol. The first kappa shape index (κ1) is 15.0. The van der Waals surface area contributed by atoms with E-state index in [1.807, 2.05) is 0 Å². The predicted octanol–water partition coefficient (Wildman–Crippen LogP) is 2.08. The van der Waals surface area contributed by atoms with E-state index in [1.165, 1.54) is 6.92 Å². The Morgan fingerprint density at radius 1 is 1.10 bits per heavy atom. The van der Waals surface area contributed by atoms with Crippen molar-refractivity contribution in [3.05, 3.63) is 24.3 Å². The van der Waals surface area contributed by atoms with Crippen molar-refractivity contribution in [1.82, 2.24) is 0 Å². The number of hydrogen-bond donors (Lipinski definition) is 3. The number of rotatable bonds is 4. The standard InChI is InChI=1S/C15H18N2O4/c1-9(18)16-10-4-2-5-11(8-10)17-14(19)12-6-3-7-13(12)15(20)21/h2,4-5,8,12-13H,3,6-7H2,1H3,(H,16,18)(H,17,19)(H,20,21). The summed E-state index contributed by atoms with van der Waals surface area (Å²) in [4.78, 5) is 34.3.